The van der Waals surface area contributed by atoms with Gasteiger partial charge in [-0.25, -0.2) is 0 Å². The molecular formula is H5ClKNaO4S. The van der Waals surface area contributed by atoms with Gasteiger partial charge in [-0.2, -0.15) is 8.42 Å². The van der Waals surface area contributed by atoms with Crippen molar-refractivity contribution in [3.05, 3.63) is 0 Å². The van der Waals surface area contributed by atoms with Crippen LogP contribution in [-0.4, -0.2) is 98.5 Å². The molecule has 0 spiro atoms. The zero-order chi connectivity index (χ0) is 4.50. The van der Waals surface area contributed by atoms with Crippen LogP contribution < -0.4 is 0 Å². The van der Waals surface area contributed by atoms with Gasteiger partial charge in [0.15, 0.2) is 0 Å². The summed E-state index contributed by atoms with van der Waals surface area (Å²) in [5.41, 5.74) is 0. The van der Waals surface area contributed by atoms with E-state index in [9.17, 15) is 0 Å². The van der Waals surface area contributed by atoms with Gasteiger partial charge in [-0.05, 0) is 0 Å². The van der Waals surface area contributed by atoms with Crippen molar-refractivity contribution in [2.45, 2.75) is 0 Å². The summed E-state index contributed by atoms with van der Waals surface area (Å²) in [6, 6.07) is 0. The number of halogens is 1. The van der Waals surface area contributed by atoms with E-state index < -0.39 is 10.4 Å². The van der Waals surface area contributed by atoms with Crippen LogP contribution in [0.1, 0.15) is 0 Å². The zero-order valence-corrected chi connectivity index (χ0v) is 4.16. The fraction of sp³-hybridized carbons (Fsp3) is 0. The molecule has 0 aliphatic carbocycles. The molecule has 44 valence electrons. The van der Waals surface area contributed by atoms with Gasteiger partial charge >= 0.3 is 91.3 Å². The Morgan fingerprint density at radius 1 is 1.12 bits per heavy atom. The maximum atomic E-state index is 8.74. The molecule has 0 unspecified atom stereocenters. The second kappa shape index (κ2) is 9.80. The Morgan fingerprint density at radius 3 is 1.12 bits per heavy atom. The Kier molecular flexibility index (Phi) is 27.5. The van der Waals surface area contributed by atoms with Crippen LogP contribution in [0, 0.1) is 0 Å². The monoisotopic (exact) mass is 198 g/mol. The van der Waals surface area contributed by atoms with Gasteiger partial charge in [0.05, 0.1) is 0 Å². The number of hydrogen-bond acceptors (Lipinski definition) is 2. The SMILES string of the molecule is Cl.O=S(=O)(O)O.[KH].[NaH]. The Morgan fingerprint density at radius 2 is 1.12 bits per heavy atom. The molecule has 8 heavy (non-hydrogen) atoms. The first-order chi connectivity index (χ1) is 2.00. The Hall–Kier alpha value is 2.80. The van der Waals surface area contributed by atoms with Gasteiger partial charge in [-0.3, -0.25) is 9.11 Å². The van der Waals surface area contributed by atoms with Crippen LogP contribution >= 0.6 is 12.4 Å². The molecule has 0 aromatic heterocycles. The molecule has 0 bridgehead atoms. The fourth-order valence-electron chi connectivity index (χ4n) is 0. The Balaban J connectivity index is -0.0000000267. The van der Waals surface area contributed by atoms with Gasteiger partial charge in [-0.15, -0.1) is 12.4 Å². The molecule has 0 amide bonds. The first kappa shape index (κ1) is 22.4. The molecule has 0 saturated carbocycles. The first-order valence-corrected chi connectivity index (χ1v) is 2.10. The second-order valence-corrected chi connectivity index (χ2v) is 1.34. The minimum absolute atomic E-state index is 0. The summed E-state index contributed by atoms with van der Waals surface area (Å²) in [7, 11) is -4.67. The van der Waals surface area contributed by atoms with Crippen molar-refractivity contribution in [2.24, 2.45) is 0 Å². The minimum atomic E-state index is -4.67. The van der Waals surface area contributed by atoms with Gasteiger partial charge in [0.25, 0.3) is 0 Å². The molecule has 0 radical (unpaired) electrons. The van der Waals surface area contributed by atoms with E-state index in [0.717, 1.165) is 0 Å². The predicted octanol–water partition coefficient (Wildman–Crippen LogP) is -1.53. The van der Waals surface area contributed by atoms with Crippen molar-refractivity contribution in [2.75, 3.05) is 0 Å². The molecule has 4 nitrogen and oxygen atoms in total. The number of hydrogen-bond donors (Lipinski definition) is 2. The zero-order valence-electron chi connectivity index (χ0n) is 2.53. The van der Waals surface area contributed by atoms with Crippen molar-refractivity contribution >= 4 is 104 Å². The summed E-state index contributed by atoms with van der Waals surface area (Å²) in [5.74, 6) is 0. The van der Waals surface area contributed by atoms with Crippen LogP contribution in [-0.2, 0) is 10.4 Å². The predicted molar refractivity (Wildman–Crippen MR) is 35.7 cm³/mol. The third-order valence-electron chi connectivity index (χ3n) is 0. The second-order valence-electron chi connectivity index (χ2n) is 0.448. The van der Waals surface area contributed by atoms with Gasteiger partial charge in [0.2, 0.25) is 0 Å². The van der Waals surface area contributed by atoms with Gasteiger partial charge in [-0.1, -0.05) is 0 Å². The average Bonchev–Trinajstić information content (AvgIpc) is 0.722. The summed E-state index contributed by atoms with van der Waals surface area (Å²) >= 11 is 0. The van der Waals surface area contributed by atoms with Crippen molar-refractivity contribution in [3.63, 3.8) is 0 Å². The quantitative estimate of drug-likeness (QED) is 0.366. The Bertz CT molecular complexity index is 99.2. The van der Waals surface area contributed by atoms with E-state index in [1.165, 1.54) is 0 Å². The van der Waals surface area contributed by atoms with Crippen LogP contribution in [0.15, 0.2) is 0 Å². The number of rotatable bonds is 0. The molecule has 0 atom stereocenters. The average molecular weight is 199 g/mol. The van der Waals surface area contributed by atoms with Crippen molar-refractivity contribution in [3.8, 4) is 0 Å². The third-order valence-corrected chi connectivity index (χ3v) is 0. The molecule has 2 N–H and O–H groups in total. The van der Waals surface area contributed by atoms with Gasteiger partial charge in [0.1, 0.15) is 0 Å². The normalized spacial score (nSPS) is 7.25. The van der Waals surface area contributed by atoms with E-state index in [0.29, 0.717) is 0 Å². The van der Waals surface area contributed by atoms with Gasteiger partial charge < -0.3 is 0 Å². The molecule has 8 heteroatoms. The van der Waals surface area contributed by atoms with Crippen molar-refractivity contribution in [1.29, 1.82) is 0 Å². The molecule has 0 saturated heterocycles. The molecule has 0 aliphatic heterocycles. The van der Waals surface area contributed by atoms with Crippen molar-refractivity contribution < 1.29 is 17.5 Å². The first-order valence-electron chi connectivity index (χ1n) is 0.698. The molecule has 0 aliphatic rings. The molecule has 0 fully saturated rings. The van der Waals surface area contributed by atoms with Crippen LogP contribution in [0.3, 0.4) is 0 Å². The summed E-state index contributed by atoms with van der Waals surface area (Å²) in [6.07, 6.45) is 0. The van der Waals surface area contributed by atoms with E-state index in [2.05, 4.69) is 0 Å². The van der Waals surface area contributed by atoms with E-state index in [4.69, 9.17) is 17.5 Å². The van der Waals surface area contributed by atoms with Crippen LogP contribution in [0.5, 0.6) is 0 Å². The third kappa shape index (κ3) is 68.4. The molecule has 0 heterocycles. The molecule has 0 aromatic carbocycles. The molecular weight excluding hydrogens is 194 g/mol. The molecule has 0 rings (SSSR count). The van der Waals surface area contributed by atoms with E-state index >= 15 is 0 Å². The summed E-state index contributed by atoms with van der Waals surface area (Å²) in [4.78, 5) is 0. The van der Waals surface area contributed by atoms with Crippen molar-refractivity contribution in [1.82, 2.24) is 0 Å². The van der Waals surface area contributed by atoms with Crippen LogP contribution in [0.2, 0.25) is 0 Å². The van der Waals surface area contributed by atoms with E-state index in [1.807, 2.05) is 0 Å². The van der Waals surface area contributed by atoms with E-state index in [1.54, 1.807) is 0 Å². The van der Waals surface area contributed by atoms with Crippen LogP contribution in [0.4, 0.5) is 0 Å². The van der Waals surface area contributed by atoms with Gasteiger partial charge in [0, 0.05) is 0 Å². The van der Waals surface area contributed by atoms with Crippen LogP contribution in [0.25, 0.3) is 0 Å². The fourth-order valence-corrected chi connectivity index (χ4v) is 0. The summed E-state index contributed by atoms with van der Waals surface area (Å²) in [6.45, 7) is 0. The summed E-state index contributed by atoms with van der Waals surface area (Å²) in [5, 5.41) is 0. The van der Waals surface area contributed by atoms with E-state index in [-0.39, 0.29) is 93.3 Å². The standard InChI is InChI=1S/ClH.K.Na.H2O4S.2H/c;;;1-5(2,3)4;;/h1H;;;(H2,1,2,3,4);;. The molecule has 0 aromatic rings. The summed E-state index contributed by atoms with van der Waals surface area (Å²) < 4.78 is 31.6. The Labute approximate surface area is 118 Å². The topological polar surface area (TPSA) is 74.6 Å². The maximum absolute atomic E-state index is 8.74.